The van der Waals surface area contributed by atoms with E-state index in [9.17, 15) is 14.9 Å². The van der Waals surface area contributed by atoms with Crippen molar-refractivity contribution in [2.75, 3.05) is 5.75 Å². The fraction of sp³-hybridized carbons (Fsp3) is 0.0909. The van der Waals surface area contributed by atoms with Crippen molar-refractivity contribution in [1.82, 2.24) is 5.43 Å². The highest BCUT2D eigenvalue weighted by molar-refractivity contribution is 9.11. The molecule has 1 N–H and O–H groups in total. The maximum atomic E-state index is 11.9. The second-order valence-electron chi connectivity index (χ2n) is 6.43. The van der Waals surface area contributed by atoms with E-state index in [-0.39, 0.29) is 17.3 Å². The van der Waals surface area contributed by atoms with Gasteiger partial charge in [-0.05, 0) is 54.1 Å². The Morgan fingerprint density at radius 3 is 2.47 bits per heavy atom. The smallest absolute Gasteiger partial charge is 0.269 e. The highest BCUT2D eigenvalue weighted by atomic mass is 79.9. The van der Waals surface area contributed by atoms with Crippen LogP contribution in [-0.2, 0) is 11.4 Å². The third-order valence-corrected chi connectivity index (χ3v) is 6.35. The molecule has 3 rings (SSSR count). The van der Waals surface area contributed by atoms with Gasteiger partial charge in [0.1, 0.15) is 12.4 Å². The van der Waals surface area contributed by atoms with Crippen LogP contribution in [0, 0.1) is 10.1 Å². The Morgan fingerprint density at radius 1 is 1.09 bits per heavy atom. The van der Waals surface area contributed by atoms with Crippen LogP contribution in [0.15, 0.2) is 85.7 Å². The molecular weight excluding hydrogens is 562 g/mol. The normalized spacial score (nSPS) is 10.8. The Morgan fingerprint density at radius 2 is 1.81 bits per heavy atom. The summed E-state index contributed by atoms with van der Waals surface area (Å²) in [6.45, 7) is 0.434. The van der Waals surface area contributed by atoms with E-state index in [1.165, 1.54) is 23.9 Å². The van der Waals surface area contributed by atoms with Crippen molar-refractivity contribution in [3.05, 3.63) is 96.9 Å². The van der Waals surface area contributed by atoms with Crippen LogP contribution >= 0.6 is 43.6 Å². The van der Waals surface area contributed by atoms with Crippen molar-refractivity contribution in [2.45, 2.75) is 11.5 Å². The average Bonchev–Trinajstić information content (AvgIpc) is 2.78. The van der Waals surface area contributed by atoms with Crippen molar-refractivity contribution in [3.8, 4) is 5.75 Å². The largest absolute Gasteiger partial charge is 0.489 e. The third kappa shape index (κ3) is 7.47. The Balaban J connectivity index is 1.42. The van der Waals surface area contributed by atoms with E-state index in [0.717, 1.165) is 30.7 Å². The Hall–Kier alpha value is -2.69. The first-order chi connectivity index (χ1) is 15.4. The number of hydrogen-bond donors (Lipinski definition) is 1. The van der Waals surface area contributed by atoms with E-state index < -0.39 is 4.92 Å². The molecule has 0 heterocycles. The van der Waals surface area contributed by atoms with Crippen LogP contribution in [-0.4, -0.2) is 22.8 Å². The summed E-state index contributed by atoms with van der Waals surface area (Å²) >= 11 is 8.21. The predicted octanol–water partition coefficient (Wildman–Crippen LogP) is 5.94. The number of thioether (sulfide) groups is 1. The number of nitro benzene ring substituents is 1. The van der Waals surface area contributed by atoms with E-state index in [2.05, 4.69) is 42.4 Å². The fourth-order valence-corrected chi connectivity index (χ4v) is 4.33. The summed E-state index contributed by atoms with van der Waals surface area (Å²) in [5.41, 5.74) is 4.32. The predicted molar refractivity (Wildman–Crippen MR) is 132 cm³/mol. The standard InChI is InChI=1S/C22H17Br2N3O4S/c23-17-4-3-16(21(24)11-17)13-31-19-7-1-15(2-8-19)12-25-26-22(28)14-32-20-9-5-18(6-10-20)27(29)30/h1-12H,13-14H2,(H,26,28)/b25-12-. The minimum absolute atomic E-state index is 0.0148. The molecule has 0 radical (unpaired) electrons. The zero-order chi connectivity index (χ0) is 22.9. The number of nitro groups is 1. The molecule has 32 heavy (non-hydrogen) atoms. The molecule has 3 aromatic carbocycles. The van der Waals surface area contributed by atoms with E-state index in [1.807, 2.05) is 42.5 Å². The summed E-state index contributed by atoms with van der Waals surface area (Å²) in [6, 6.07) is 19.3. The minimum Gasteiger partial charge on any atom is -0.489 e. The maximum Gasteiger partial charge on any atom is 0.269 e. The number of benzene rings is 3. The van der Waals surface area contributed by atoms with Gasteiger partial charge in [0, 0.05) is 31.5 Å². The Kier molecular flexibility index (Phi) is 8.83. The Labute approximate surface area is 205 Å². The molecule has 0 atom stereocenters. The van der Waals surface area contributed by atoms with Crippen LogP contribution in [0.25, 0.3) is 0 Å². The lowest BCUT2D eigenvalue weighted by molar-refractivity contribution is -0.384. The number of non-ortho nitro benzene ring substituents is 1. The molecule has 0 fully saturated rings. The molecule has 7 nitrogen and oxygen atoms in total. The molecule has 1 amide bonds. The molecule has 3 aromatic rings. The van der Waals surface area contributed by atoms with Gasteiger partial charge in [0.25, 0.3) is 5.69 Å². The van der Waals surface area contributed by atoms with Crippen molar-refractivity contribution in [1.29, 1.82) is 0 Å². The number of nitrogens with zero attached hydrogens (tertiary/aromatic N) is 2. The summed E-state index contributed by atoms with van der Waals surface area (Å²) < 4.78 is 7.77. The zero-order valence-corrected chi connectivity index (χ0v) is 20.5. The molecular formula is C22H17Br2N3O4S. The van der Waals surface area contributed by atoms with Gasteiger partial charge < -0.3 is 4.74 Å². The SMILES string of the molecule is O=C(CSc1ccc([N+](=O)[O-])cc1)N/N=C\c1ccc(OCc2ccc(Br)cc2Br)cc1. The molecule has 0 spiro atoms. The van der Waals surface area contributed by atoms with Crippen LogP contribution in [0.5, 0.6) is 5.75 Å². The molecule has 0 unspecified atom stereocenters. The first-order valence-corrected chi connectivity index (χ1v) is 11.8. The number of hydrogen-bond acceptors (Lipinski definition) is 6. The lowest BCUT2D eigenvalue weighted by Crippen LogP contribution is -2.19. The molecule has 164 valence electrons. The molecule has 0 aromatic heterocycles. The third-order valence-electron chi connectivity index (χ3n) is 4.11. The van der Waals surface area contributed by atoms with Gasteiger partial charge in [-0.15, -0.1) is 11.8 Å². The van der Waals surface area contributed by atoms with E-state index in [0.29, 0.717) is 6.61 Å². The van der Waals surface area contributed by atoms with Gasteiger partial charge in [0.15, 0.2) is 0 Å². The molecule has 0 saturated carbocycles. The lowest BCUT2D eigenvalue weighted by atomic mass is 10.2. The van der Waals surface area contributed by atoms with Crippen molar-refractivity contribution >= 4 is 61.4 Å². The summed E-state index contributed by atoms with van der Waals surface area (Å²) in [6.07, 6.45) is 1.55. The van der Waals surface area contributed by atoms with Gasteiger partial charge in [0.2, 0.25) is 5.91 Å². The van der Waals surface area contributed by atoms with Crippen LogP contribution in [0.3, 0.4) is 0 Å². The highest BCUT2D eigenvalue weighted by Crippen LogP contribution is 2.24. The van der Waals surface area contributed by atoms with Gasteiger partial charge in [-0.3, -0.25) is 14.9 Å². The van der Waals surface area contributed by atoms with E-state index in [4.69, 9.17) is 4.74 Å². The number of amides is 1. The summed E-state index contributed by atoms with van der Waals surface area (Å²) in [5.74, 6) is 0.596. The summed E-state index contributed by atoms with van der Waals surface area (Å²) in [7, 11) is 0. The van der Waals surface area contributed by atoms with Crippen LogP contribution in [0.4, 0.5) is 5.69 Å². The summed E-state index contributed by atoms with van der Waals surface area (Å²) in [5, 5.41) is 14.6. The minimum atomic E-state index is -0.462. The monoisotopic (exact) mass is 577 g/mol. The number of rotatable bonds is 9. The topological polar surface area (TPSA) is 93.8 Å². The van der Waals surface area contributed by atoms with Crippen molar-refractivity contribution in [2.24, 2.45) is 5.10 Å². The van der Waals surface area contributed by atoms with Gasteiger partial charge in [0.05, 0.1) is 16.9 Å². The fourth-order valence-electron chi connectivity index (χ4n) is 2.47. The molecule has 0 aliphatic carbocycles. The zero-order valence-electron chi connectivity index (χ0n) is 16.5. The molecule has 0 aliphatic heterocycles. The average molecular weight is 579 g/mol. The second-order valence-corrected chi connectivity index (χ2v) is 9.25. The number of nitrogens with one attached hydrogen (secondary N) is 1. The van der Waals surface area contributed by atoms with Crippen molar-refractivity contribution in [3.63, 3.8) is 0 Å². The van der Waals surface area contributed by atoms with Gasteiger partial charge >= 0.3 is 0 Å². The van der Waals surface area contributed by atoms with Gasteiger partial charge in [-0.2, -0.15) is 5.10 Å². The van der Waals surface area contributed by atoms with Crippen LogP contribution in [0.1, 0.15) is 11.1 Å². The molecule has 0 aliphatic rings. The van der Waals surface area contributed by atoms with Crippen molar-refractivity contribution < 1.29 is 14.5 Å². The first kappa shape index (κ1) is 24.0. The molecule has 0 saturated heterocycles. The number of carbonyl (C=O) groups is 1. The summed E-state index contributed by atoms with van der Waals surface area (Å²) in [4.78, 5) is 22.9. The number of hydrazone groups is 1. The van der Waals surface area contributed by atoms with Crippen LogP contribution < -0.4 is 10.2 Å². The van der Waals surface area contributed by atoms with E-state index in [1.54, 1.807) is 18.3 Å². The quantitative estimate of drug-likeness (QED) is 0.147. The Bertz CT molecular complexity index is 1120. The first-order valence-electron chi connectivity index (χ1n) is 9.26. The van der Waals surface area contributed by atoms with Crippen LogP contribution in [0.2, 0.25) is 0 Å². The maximum absolute atomic E-state index is 11.9. The molecule has 0 bridgehead atoms. The van der Waals surface area contributed by atoms with Gasteiger partial charge in [-0.1, -0.05) is 37.9 Å². The van der Waals surface area contributed by atoms with E-state index >= 15 is 0 Å². The number of carbonyl (C=O) groups excluding carboxylic acids is 1. The lowest BCUT2D eigenvalue weighted by Gasteiger charge is -2.08. The van der Waals surface area contributed by atoms with Gasteiger partial charge in [-0.25, -0.2) is 5.43 Å². The highest BCUT2D eigenvalue weighted by Gasteiger charge is 2.06. The number of ether oxygens (including phenoxy) is 1. The second kappa shape index (κ2) is 11.8. The number of halogens is 2. The molecule has 10 heteroatoms.